The van der Waals surface area contributed by atoms with E-state index in [0.29, 0.717) is 5.92 Å². The molecule has 1 aromatic carbocycles. The van der Waals surface area contributed by atoms with Crippen molar-refractivity contribution in [1.29, 1.82) is 0 Å². The lowest BCUT2D eigenvalue weighted by molar-refractivity contribution is 0.593. The van der Waals surface area contributed by atoms with Crippen LogP contribution in [0.4, 0.5) is 0 Å². The zero-order chi connectivity index (χ0) is 9.97. The van der Waals surface area contributed by atoms with Crippen LogP contribution < -0.4 is 5.73 Å². The van der Waals surface area contributed by atoms with Crippen LogP contribution in [0.1, 0.15) is 12.5 Å². The van der Waals surface area contributed by atoms with Gasteiger partial charge in [0.25, 0.3) is 0 Å². The second-order valence-corrected chi connectivity index (χ2v) is 3.69. The summed E-state index contributed by atoms with van der Waals surface area (Å²) in [6.07, 6.45) is 0.999. The predicted molar refractivity (Wildman–Crippen MR) is 55.8 cm³/mol. The first-order valence-corrected chi connectivity index (χ1v) is 4.79. The molecule has 0 bridgehead atoms. The number of aromatic nitrogens is 3. The summed E-state index contributed by atoms with van der Waals surface area (Å²) in [7, 11) is 0. The van der Waals surface area contributed by atoms with Gasteiger partial charge < -0.3 is 5.73 Å². The summed E-state index contributed by atoms with van der Waals surface area (Å²) in [5.74, 6) is 0.513. The number of aromatic amines is 1. The summed E-state index contributed by atoms with van der Waals surface area (Å²) in [4.78, 5) is 0. The minimum absolute atomic E-state index is 0.513. The predicted octanol–water partition coefficient (Wildman–Crippen LogP) is 1.10. The molecule has 1 atom stereocenters. The highest BCUT2D eigenvalue weighted by atomic mass is 15.3. The quantitative estimate of drug-likeness (QED) is 0.761. The van der Waals surface area contributed by atoms with Gasteiger partial charge in [-0.2, -0.15) is 15.4 Å². The number of H-pyrrole nitrogens is 1. The molecule has 14 heavy (non-hydrogen) atoms. The third kappa shape index (κ3) is 1.75. The largest absolute Gasteiger partial charge is 0.330 e. The Morgan fingerprint density at radius 3 is 2.93 bits per heavy atom. The van der Waals surface area contributed by atoms with Crippen LogP contribution in [0.5, 0.6) is 0 Å². The molecule has 0 aliphatic carbocycles. The molecule has 0 radical (unpaired) electrons. The van der Waals surface area contributed by atoms with Crippen LogP contribution in [0.3, 0.4) is 0 Å². The van der Waals surface area contributed by atoms with Crippen LogP contribution in [0.25, 0.3) is 11.0 Å². The van der Waals surface area contributed by atoms with E-state index < -0.39 is 0 Å². The van der Waals surface area contributed by atoms with Crippen molar-refractivity contribution in [1.82, 2.24) is 15.4 Å². The number of fused-ring (bicyclic) bond motifs is 1. The normalized spacial score (nSPS) is 13.3. The van der Waals surface area contributed by atoms with Gasteiger partial charge in [0.15, 0.2) is 0 Å². The smallest absolute Gasteiger partial charge is 0.113 e. The first-order chi connectivity index (χ1) is 6.79. The highest BCUT2D eigenvalue weighted by Crippen LogP contribution is 2.13. The molecule has 0 fully saturated rings. The molecular formula is C10H14N4. The Hall–Kier alpha value is -1.42. The number of benzene rings is 1. The van der Waals surface area contributed by atoms with Crippen molar-refractivity contribution in [3.05, 3.63) is 23.8 Å². The molecule has 4 nitrogen and oxygen atoms in total. The highest BCUT2D eigenvalue weighted by Gasteiger charge is 2.03. The van der Waals surface area contributed by atoms with E-state index >= 15 is 0 Å². The standard InChI is InChI=1S/C10H14N4/c1-7(6-11)4-8-2-3-9-10(5-8)13-14-12-9/h2-3,5,7H,4,6,11H2,1H3,(H,12,13,14). The van der Waals surface area contributed by atoms with Gasteiger partial charge in [-0.25, -0.2) is 0 Å². The fourth-order valence-electron chi connectivity index (χ4n) is 1.50. The van der Waals surface area contributed by atoms with Crippen LogP contribution in [-0.4, -0.2) is 22.0 Å². The average Bonchev–Trinajstić information content (AvgIpc) is 2.64. The molecule has 0 saturated heterocycles. The second-order valence-electron chi connectivity index (χ2n) is 3.69. The Labute approximate surface area is 82.5 Å². The molecule has 2 rings (SSSR count). The van der Waals surface area contributed by atoms with Crippen LogP contribution in [0.15, 0.2) is 18.2 Å². The van der Waals surface area contributed by atoms with Gasteiger partial charge in [-0.15, -0.1) is 0 Å². The Bertz CT molecular complexity index is 421. The highest BCUT2D eigenvalue weighted by molar-refractivity contribution is 5.74. The van der Waals surface area contributed by atoms with E-state index in [1.54, 1.807) is 0 Å². The van der Waals surface area contributed by atoms with Crippen molar-refractivity contribution in [2.45, 2.75) is 13.3 Å². The summed E-state index contributed by atoms with van der Waals surface area (Å²) in [5, 5.41) is 10.7. The third-order valence-corrected chi connectivity index (χ3v) is 2.37. The molecule has 0 saturated carbocycles. The van der Waals surface area contributed by atoms with Gasteiger partial charge >= 0.3 is 0 Å². The van der Waals surface area contributed by atoms with Crippen LogP contribution in [0, 0.1) is 5.92 Å². The molecule has 0 spiro atoms. The van der Waals surface area contributed by atoms with Crippen molar-refractivity contribution in [2.24, 2.45) is 11.7 Å². The van der Waals surface area contributed by atoms with E-state index in [-0.39, 0.29) is 0 Å². The van der Waals surface area contributed by atoms with Crippen molar-refractivity contribution >= 4 is 11.0 Å². The van der Waals surface area contributed by atoms with E-state index in [1.165, 1.54) is 5.56 Å². The molecule has 1 aromatic heterocycles. The number of rotatable bonds is 3. The summed E-state index contributed by atoms with van der Waals surface area (Å²) in [6, 6.07) is 6.12. The fraction of sp³-hybridized carbons (Fsp3) is 0.400. The number of nitrogens with zero attached hydrogens (tertiary/aromatic N) is 2. The first kappa shape index (κ1) is 9.15. The van der Waals surface area contributed by atoms with Crippen molar-refractivity contribution in [2.75, 3.05) is 6.54 Å². The van der Waals surface area contributed by atoms with Gasteiger partial charge in [0, 0.05) is 0 Å². The molecule has 0 amide bonds. The summed E-state index contributed by atoms with van der Waals surface area (Å²) in [5.41, 5.74) is 8.68. The van der Waals surface area contributed by atoms with Crippen molar-refractivity contribution in [3.8, 4) is 0 Å². The maximum Gasteiger partial charge on any atom is 0.113 e. The number of hydrogen-bond acceptors (Lipinski definition) is 3. The zero-order valence-corrected chi connectivity index (χ0v) is 8.20. The summed E-state index contributed by atoms with van der Waals surface area (Å²) < 4.78 is 0. The molecule has 1 heterocycles. The molecule has 74 valence electrons. The first-order valence-electron chi connectivity index (χ1n) is 4.79. The van der Waals surface area contributed by atoms with E-state index in [0.717, 1.165) is 24.0 Å². The second kappa shape index (κ2) is 3.75. The molecule has 3 N–H and O–H groups in total. The maximum atomic E-state index is 5.58. The third-order valence-electron chi connectivity index (χ3n) is 2.37. The minimum Gasteiger partial charge on any atom is -0.330 e. The molecular weight excluding hydrogens is 176 g/mol. The molecule has 4 heteroatoms. The van der Waals surface area contributed by atoms with Gasteiger partial charge in [0.05, 0.1) is 0 Å². The Kier molecular flexibility index (Phi) is 2.45. The van der Waals surface area contributed by atoms with Crippen LogP contribution >= 0.6 is 0 Å². The lowest BCUT2D eigenvalue weighted by atomic mass is 10.0. The van der Waals surface area contributed by atoms with E-state index in [9.17, 15) is 0 Å². The van der Waals surface area contributed by atoms with Crippen molar-refractivity contribution in [3.63, 3.8) is 0 Å². The molecule has 0 aliphatic heterocycles. The average molecular weight is 190 g/mol. The minimum atomic E-state index is 0.513. The zero-order valence-electron chi connectivity index (χ0n) is 8.20. The lowest BCUT2D eigenvalue weighted by Gasteiger charge is -2.07. The van der Waals surface area contributed by atoms with Gasteiger partial charge in [0.1, 0.15) is 11.0 Å². The van der Waals surface area contributed by atoms with E-state index in [4.69, 9.17) is 5.73 Å². The Morgan fingerprint density at radius 2 is 2.14 bits per heavy atom. The van der Waals surface area contributed by atoms with Gasteiger partial charge in [-0.3, -0.25) is 0 Å². The van der Waals surface area contributed by atoms with Gasteiger partial charge in [0.2, 0.25) is 0 Å². The fourth-order valence-corrected chi connectivity index (χ4v) is 1.50. The summed E-state index contributed by atoms with van der Waals surface area (Å²) in [6.45, 7) is 2.86. The maximum absolute atomic E-state index is 5.58. The topological polar surface area (TPSA) is 67.6 Å². The monoisotopic (exact) mass is 190 g/mol. The summed E-state index contributed by atoms with van der Waals surface area (Å²) >= 11 is 0. The number of nitrogens with one attached hydrogen (secondary N) is 1. The van der Waals surface area contributed by atoms with E-state index in [2.05, 4.69) is 34.5 Å². The SMILES string of the molecule is CC(CN)Cc1ccc2n[nH]nc2c1. The Morgan fingerprint density at radius 1 is 1.36 bits per heavy atom. The van der Waals surface area contributed by atoms with Crippen LogP contribution in [0.2, 0.25) is 0 Å². The van der Waals surface area contributed by atoms with E-state index in [1.807, 2.05) is 6.07 Å². The van der Waals surface area contributed by atoms with Gasteiger partial charge in [-0.05, 0) is 36.6 Å². The number of nitrogens with two attached hydrogens (primary N) is 1. The molecule has 1 unspecified atom stereocenters. The van der Waals surface area contributed by atoms with Crippen LogP contribution in [-0.2, 0) is 6.42 Å². The lowest BCUT2D eigenvalue weighted by Crippen LogP contribution is -2.12. The Balaban J connectivity index is 2.25. The number of hydrogen-bond donors (Lipinski definition) is 2. The van der Waals surface area contributed by atoms with Crippen molar-refractivity contribution < 1.29 is 0 Å². The molecule has 2 aromatic rings. The van der Waals surface area contributed by atoms with Gasteiger partial charge in [-0.1, -0.05) is 13.0 Å². The molecule has 0 aliphatic rings.